The number of carbonyl (C=O) groups excluding carboxylic acids is 2. The Morgan fingerprint density at radius 2 is 1.97 bits per heavy atom. The third-order valence-corrected chi connectivity index (χ3v) is 6.66. The molecule has 2 amide bonds. The summed E-state index contributed by atoms with van der Waals surface area (Å²) >= 11 is 0. The maximum atomic E-state index is 14.2. The van der Waals surface area contributed by atoms with Crippen LogP contribution >= 0.6 is 0 Å². The molecule has 3 aromatic rings. The minimum atomic E-state index is -0.360. The number of fused-ring (bicyclic) bond motifs is 1. The van der Waals surface area contributed by atoms with Crippen LogP contribution in [0.4, 0.5) is 4.39 Å². The lowest BCUT2D eigenvalue weighted by Gasteiger charge is -2.38. The monoisotopic (exact) mass is 490 g/mol. The summed E-state index contributed by atoms with van der Waals surface area (Å²) < 4.78 is 25.8. The summed E-state index contributed by atoms with van der Waals surface area (Å²) in [6.07, 6.45) is 2.58. The van der Waals surface area contributed by atoms with Gasteiger partial charge in [-0.25, -0.2) is 4.39 Å². The van der Waals surface area contributed by atoms with Crippen LogP contribution in [0, 0.1) is 17.7 Å². The summed E-state index contributed by atoms with van der Waals surface area (Å²) in [6.45, 7) is 5.40. The third kappa shape index (κ3) is 5.30. The van der Waals surface area contributed by atoms with E-state index in [4.69, 9.17) is 9.15 Å². The van der Waals surface area contributed by atoms with Crippen LogP contribution in [-0.2, 0) is 17.8 Å². The van der Waals surface area contributed by atoms with Crippen molar-refractivity contribution >= 4 is 11.8 Å². The van der Waals surface area contributed by atoms with E-state index in [9.17, 15) is 14.0 Å². The molecule has 2 heterocycles. The van der Waals surface area contributed by atoms with Gasteiger partial charge in [0.25, 0.3) is 5.91 Å². The van der Waals surface area contributed by atoms with Crippen molar-refractivity contribution in [2.45, 2.75) is 45.8 Å². The normalized spacial score (nSPS) is 17.1. The number of furan rings is 1. The molecule has 1 atom stereocenters. The van der Waals surface area contributed by atoms with Crippen molar-refractivity contribution in [2.24, 2.45) is 11.8 Å². The molecule has 1 aliphatic heterocycles. The highest BCUT2D eigenvalue weighted by molar-refractivity contribution is 5.91. The summed E-state index contributed by atoms with van der Waals surface area (Å²) in [4.78, 5) is 27.3. The number of ether oxygens (including phenoxy) is 1. The van der Waals surface area contributed by atoms with Gasteiger partial charge < -0.3 is 19.4 Å². The molecule has 0 radical (unpaired) electrons. The predicted octanol–water partition coefficient (Wildman–Crippen LogP) is 5.27. The minimum Gasteiger partial charge on any atom is -0.486 e. The summed E-state index contributed by atoms with van der Waals surface area (Å²) in [5.74, 6) is 1.40. The Labute approximate surface area is 210 Å². The van der Waals surface area contributed by atoms with Gasteiger partial charge in [-0.2, -0.15) is 0 Å². The SMILES string of the molecule is CC(C)CNC(=O)c1ccc(COc2ccc3c(c2)[C@H](c2cccc(F)c2)N(C(=O)C2CC2)CC3)o1. The molecule has 188 valence electrons. The first-order valence-electron chi connectivity index (χ1n) is 12.6. The van der Waals surface area contributed by atoms with Gasteiger partial charge in [0.05, 0.1) is 6.04 Å². The van der Waals surface area contributed by atoms with Crippen molar-refractivity contribution in [3.8, 4) is 5.75 Å². The molecule has 36 heavy (non-hydrogen) atoms. The van der Waals surface area contributed by atoms with Crippen molar-refractivity contribution in [3.63, 3.8) is 0 Å². The van der Waals surface area contributed by atoms with Gasteiger partial charge in [-0.05, 0) is 78.3 Å². The van der Waals surface area contributed by atoms with Crippen molar-refractivity contribution in [1.29, 1.82) is 0 Å². The van der Waals surface area contributed by atoms with E-state index in [1.54, 1.807) is 18.2 Å². The molecule has 1 N–H and O–H groups in total. The average molecular weight is 491 g/mol. The molecule has 0 saturated heterocycles. The molecule has 1 aliphatic carbocycles. The number of halogens is 1. The smallest absolute Gasteiger partial charge is 0.287 e. The number of hydrogen-bond acceptors (Lipinski definition) is 4. The van der Waals surface area contributed by atoms with Crippen molar-refractivity contribution in [1.82, 2.24) is 10.2 Å². The Morgan fingerprint density at radius 1 is 1.14 bits per heavy atom. The van der Waals surface area contributed by atoms with Crippen LogP contribution in [0.1, 0.15) is 65.7 Å². The van der Waals surface area contributed by atoms with Crippen LogP contribution in [0.3, 0.4) is 0 Å². The van der Waals surface area contributed by atoms with Crippen LogP contribution in [0.2, 0.25) is 0 Å². The minimum absolute atomic E-state index is 0.0768. The number of hydrogen-bond donors (Lipinski definition) is 1. The van der Waals surface area contributed by atoms with Crippen molar-refractivity contribution in [3.05, 3.63) is 88.6 Å². The highest BCUT2D eigenvalue weighted by Gasteiger charge is 2.39. The summed E-state index contributed by atoms with van der Waals surface area (Å²) in [6, 6.07) is 15.4. The number of nitrogens with one attached hydrogen (secondary N) is 1. The highest BCUT2D eigenvalue weighted by atomic mass is 19.1. The summed E-state index contributed by atoms with van der Waals surface area (Å²) in [7, 11) is 0. The number of benzene rings is 2. The molecular weight excluding hydrogens is 459 g/mol. The van der Waals surface area contributed by atoms with E-state index in [1.807, 2.05) is 43.0 Å². The maximum Gasteiger partial charge on any atom is 0.287 e. The predicted molar refractivity (Wildman–Crippen MR) is 133 cm³/mol. The molecule has 2 aliphatic rings. The topological polar surface area (TPSA) is 71.8 Å². The zero-order chi connectivity index (χ0) is 25.2. The molecule has 2 aromatic carbocycles. The van der Waals surface area contributed by atoms with E-state index in [1.165, 1.54) is 12.1 Å². The lowest BCUT2D eigenvalue weighted by molar-refractivity contribution is -0.134. The fourth-order valence-corrected chi connectivity index (χ4v) is 4.64. The van der Waals surface area contributed by atoms with Gasteiger partial charge in [0.15, 0.2) is 5.76 Å². The van der Waals surface area contributed by atoms with E-state index in [0.717, 1.165) is 36.0 Å². The number of rotatable bonds is 8. The number of nitrogens with zero attached hydrogens (tertiary/aromatic N) is 1. The van der Waals surface area contributed by atoms with E-state index in [2.05, 4.69) is 5.32 Å². The second-order valence-electron chi connectivity index (χ2n) is 10.0. The standard InChI is InChI=1S/C29H31FN2O4/c1-18(2)16-31-28(33)26-11-10-24(36-26)17-35-23-9-8-19-12-13-32(29(34)20-6-7-20)27(25(19)15-23)21-4-3-5-22(30)14-21/h3-5,8-11,14-15,18,20,27H,6-7,12-13,16-17H2,1-2H3,(H,31,33)/t27-/m0/s1. The lowest BCUT2D eigenvalue weighted by Crippen LogP contribution is -2.41. The molecule has 7 heteroatoms. The molecule has 0 unspecified atom stereocenters. The molecule has 1 fully saturated rings. The molecule has 5 rings (SSSR count). The largest absolute Gasteiger partial charge is 0.486 e. The van der Waals surface area contributed by atoms with Crippen LogP contribution in [-0.4, -0.2) is 29.8 Å². The van der Waals surface area contributed by atoms with Gasteiger partial charge in [-0.3, -0.25) is 9.59 Å². The zero-order valence-electron chi connectivity index (χ0n) is 20.6. The molecule has 1 aromatic heterocycles. The fourth-order valence-electron chi connectivity index (χ4n) is 4.64. The lowest BCUT2D eigenvalue weighted by atomic mass is 9.87. The van der Waals surface area contributed by atoms with E-state index in [0.29, 0.717) is 30.5 Å². The zero-order valence-corrected chi connectivity index (χ0v) is 20.6. The first kappa shape index (κ1) is 24.1. The Balaban J connectivity index is 1.35. The molecule has 1 saturated carbocycles. The van der Waals surface area contributed by atoms with Crippen LogP contribution in [0.5, 0.6) is 5.75 Å². The molecule has 0 bridgehead atoms. The molecule has 6 nitrogen and oxygen atoms in total. The second kappa shape index (κ2) is 10.2. The Kier molecular flexibility index (Phi) is 6.81. The molecule has 0 spiro atoms. The van der Waals surface area contributed by atoms with Crippen LogP contribution in [0.25, 0.3) is 0 Å². The van der Waals surface area contributed by atoms with Gasteiger partial charge in [0.2, 0.25) is 5.91 Å². The van der Waals surface area contributed by atoms with Crippen LogP contribution < -0.4 is 10.1 Å². The second-order valence-corrected chi connectivity index (χ2v) is 10.0. The van der Waals surface area contributed by atoms with Crippen molar-refractivity contribution < 1.29 is 23.1 Å². The van der Waals surface area contributed by atoms with Gasteiger partial charge in [-0.1, -0.05) is 32.0 Å². The van der Waals surface area contributed by atoms with E-state index >= 15 is 0 Å². The van der Waals surface area contributed by atoms with E-state index in [-0.39, 0.29) is 42.0 Å². The van der Waals surface area contributed by atoms with Gasteiger partial charge in [0.1, 0.15) is 23.9 Å². The summed E-state index contributed by atoms with van der Waals surface area (Å²) in [5, 5.41) is 2.84. The maximum absolute atomic E-state index is 14.2. The number of carbonyl (C=O) groups is 2. The third-order valence-electron chi connectivity index (χ3n) is 6.66. The van der Waals surface area contributed by atoms with Crippen LogP contribution in [0.15, 0.2) is 59.0 Å². The highest BCUT2D eigenvalue weighted by Crippen LogP contribution is 2.41. The first-order chi connectivity index (χ1) is 17.4. The fraction of sp³-hybridized carbons (Fsp3) is 0.379. The Morgan fingerprint density at radius 3 is 2.72 bits per heavy atom. The summed E-state index contributed by atoms with van der Waals surface area (Å²) in [5.41, 5.74) is 2.83. The van der Waals surface area contributed by atoms with Crippen molar-refractivity contribution in [2.75, 3.05) is 13.1 Å². The Bertz CT molecular complexity index is 1260. The number of amides is 2. The van der Waals surface area contributed by atoms with Gasteiger partial charge in [0, 0.05) is 19.0 Å². The Hall–Kier alpha value is -3.61. The quantitative estimate of drug-likeness (QED) is 0.467. The van der Waals surface area contributed by atoms with E-state index < -0.39 is 0 Å². The average Bonchev–Trinajstić information content (AvgIpc) is 3.62. The molecular formula is C29H31FN2O4. The van der Waals surface area contributed by atoms with Gasteiger partial charge >= 0.3 is 0 Å². The first-order valence-corrected chi connectivity index (χ1v) is 12.6. The van der Waals surface area contributed by atoms with Gasteiger partial charge in [-0.15, -0.1) is 0 Å².